The zero-order valence-corrected chi connectivity index (χ0v) is 16.7. The second kappa shape index (κ2) is 8.51. The third-order valence-corrected chi connectivity index (χ3v) is 4.93. The fourth-order valence-corrected chi connectivity index (χ4v) is 3.41. The van der Waals surface area contributed by atoms with Crippen molar-refractivity contribution < 1.29 is 13.9 Å². The largest absolute Gasteiger partial charge is 0.485 e. The van der Waals surface area contributed by atoms with Gasteiger partial charge in [0, 0.05) is 12.5 Å². The Morgan fingerprint density at radius 2 is 2.00 bits per heavy atom. The Morgan fingerprint density at radius 1 is 1.10 bits per heavy atom. The maximum atomic E-state index is 13.8. The monoisotopic (exact) mass is 417 g/mol. The normalized spacial score (nSPS) is 14.7. The van der Waals surface area contributed by atoms with Gasteiger partial charge in [0.1, 0.15) is 30.2 Å². The molecule has 7 nitrogen and oxygen atoms in total. The molecular weight excluding hydrogens is 397 g/mol. The number of nitrogens with zero attached hydrogens (tertiary/aromatic N) is 5. The number of aryl methyl sites for hydroxylation is 1. The Kier molecular flexibility index (Phi) is 5.26. The van der Waals surface area contributed by atoms with E-state index in [1.54, 1.807) is 10.9 Å². The third-order valence-electron chi connectivity index (χ3n) is 4.93. The maximum Gasteiger partial charge on any atom is 0.228 e. The molecule has 2 bridgehead atoms. The van der Waals surface area contributed by atoms with Crippen LogP contribution in [0.15, 0.2) is 60.9 Å². The molecule has 0 aliphatic carbocycles. The number of halogens is 1. The second-order valence-electron chi connectivity index (χ2n) is 7.16. The van der Waals surface area contributed by atoms with E-state index in [-0.39, 0.29) is 0 Å². The number of pyridine rings is 1. The van der Waals surface area contributed by atoms with Crippen molar-refractivity contribution in [2.45, 2.75) is 25.9 Å². The lowest BCUT2D eigenvalue weighted by molar-refractivity contribution is 0.296. The van der Waals surface area contributed by atoms with Crippen LogP contribution < -0.4 is 9.47 Å². The van der Waals surface area contributed by atoms with E-state index in [2.05, 4.69) is 15.1 Å². The first-order valence-electron chi connectivity index (χ1n) is 10.1. The Labute approximate surface area is 178 Å². The summed E-state index contributed by atoms with van der Waals surface area (Å²) in [6.07, 6.45) is 9.16. The number of ether oxygens (including phenoxy) is 2. The minimum Gasteiger partial charge on any atom is -0.485 e. The van der Waals surface area contributed by atoms with Gasteiger partial charge in [-0.1, -0.05) is 42.5 Å². The van der Waals surface area contributed by atoms with Crippen LogP contribution >= 0.6 is 0 Å². The highest BCUT2D eigenvalue weighted by Crippen LogP contribution is 2.29. The summed E-state index contributed by atoms with van der Waals surface area (Å²) >= 11 is 0. The van der Waals surface area contributed by atoms with Crippen LogP contribution in [-0.2, 0) is 13.0 Å². The van der Waals surface area contributed by atoms with E-state index in [4.69, 9.17) is 14.5 Å². The van der Waals surface area contributed by atoms with Gasteiger partial charge in [-0.3, -0.25) is 0 Å². The van der Waals surface area contributed by atoms with Crippen LogP contribution in [-0.4, -0.2) is 31.3 Å². The van der Waals surface area contributed by atoms with Crippen molar-refractivity contribution in [3.05, 3.63) is 78.1 Å². The molecule has 8 heteroatoms. The SMILES string of the molecule is Fc1cnc2c(c1)OC/C=C/CCCc1nc(OCc3ccccc3)c3cnn-2c3n1. The molecule has 0 spiro atoms. The van der Waals surface area contributed by atoms with Gasteiger partial charge in [0.25, 0.3) is 0 Å². The molecule has 0 fully saturated rings. The maximum absolute atomic E-state index is 13.8. The molecule has 156 valence electrons. The van der Waals surface area contributed by atoms with E-state index in [0.717, 1.165) is 24.6 Å². The van der Waals surface area contributed by atoms with Gasteiger partial charge in [-0.2, -0.15) is 14.8 Å². The molecule has 0 N–H and O–H groups in total. The predicted molar refractivity (Wildman–Crippen MR) is 113 cm³/mol. The first-order chi connectivity index (χ1) is 15.3. The zero-order chi connectivity index (χ0) is 21.0. The highest BCUT2D eigenvalue weighted by atomic mass is 19.1. The number of rotatable bonds is 3. The fraction of sp³-hybridized carbons (Fsp3) is 0.217. The van der Waals surface area contributed by atoms with Gasteiger partial charge in [0.2, 0.25) is 5.88 Å². The first-order valence-corrected chi connectivity index (χ1v) is 10.1. The first kappa shape index (κ1) is 19.2. The van der Waals surface area contributed by atoms with Crippen LogP contribution in [0.2, 0.25) is 0 Å². The summed E-state index contributed by atoms with van der Waals surface area (Å²) in [5.41, 5.74) is 1.58. The molecule has 0 unspecified atom stereocenters. The molecule has 1 aromatic carbocycles. The molecule has 0 atom stereocenters. The minimum absolute atomic E-state index is 0.292. The Hall–Kier alpha value is -3.81. The van der Waals surface area contributed by atoms with E-state index in [9.17, 15) is 4.39 Å². The van der Waals surface area contributed by atoms with E-state index < -0.39 is 5.82 Å². The summed E-state index contributed by atoms with van der Waals surface area (Å²) in [6, 6.07) is 11.2. The van der Waals surface area contributed by atoms with Gasteiger partial charge in [-0.15, -0.1) is 0 Å². The number of benzene rings is 1. The van der Waals surface area contributed by atoms with Crippen molar-refractivity contribution in [1.82, 2.24) is 24.7 Å². The average molecular weight is 417 g/mol. The molecule has 5 rings (SSSR count). The summed E-state index contributed by atoms with van der Waals surface area (Å²) in [6.45, 7) is 0.695. The topological polar surface area (TPSA) is 75.0 Å². The van der Waals surface area contributed by atoms with Crippen molar-refractivity contribution in [3.8, 4) is 17.4 Å². The summed E-state index contributed by atoms with van der Waals surface area (Å²) in [5.74, 6) is 1.30. The van der Waals surface area contributed by atoms with Crippen LogP contribution in [0, 0.1) is 5.82 Å². The molecule has 4 aromatic rings. The van der Waals surface area contributed by atoms with Crippen LogP contribution in [0.4, 0.5) is 4.39 Å². The molecule has 0 amide bonds. The summed E-state index contributed by atoms with van der Waals surface area (Å²) in [7, 11) is 0. The molecular formula is C23H20FN5O2. The number of allylic oxidation sites excluding steroid dienone is 1. The average Bonchev–Trinajstić information content (AvgIpc) is 3.21. The Morgan fingerprint density at radius 3 is 2.90 bits per heavy atom. The summed E-state index contributed by atoms with van der Waals surface area (Å²) in [4.78, 5) is 13.6. The summed E-state index contributed by atoms with van der Waals surface area (Å²) < 4.78 is 27.2. The van der Waals surface area contributed by atoms with E-state index in [1.165, 1.54) is 6.07 Å². The van der Waals surface area contributed by atoms with E-state index in [1.807, 2.05) is 42.5 Å². The van der Waals surface area contributed by atoms with Gasteiger partial charge in [-0.05, 0) is 18.4 Å². The molecule has 0 saturated carbocycles. The minimum atomic E-state index is -0.481. The van der Waals surface area contributed by atoms with Crippen molar-refractivity contribution in [2.24, 2.45) is 0 Å². The number of aromatic nitrogens is 5. The Bertz CT molecular complexity index is 1240. The van der Waals surface area contributed by atoms with Gasteiger partial charge in [-0.25, -0.2) is 14.4 Å². The van der Waals surface area contributed by atoms with Crippen LogP contribution in [0.3, 0.4) is 0 Å². The van der Waals surface area contributed by atoms with E-state index >= 15 is 0 Å². The molecule has 1 aliphatic heterocycles. The molecule has 31 heavy (non-hydrogen) atoms. The van der Waals surface area contributed by atoms with Crippen molar-refractivity contribution >= 4 is 11.0 Å². The predicted octanol–water partition coefficient (Wildman–Crippen LogP) is 4.20. The van der Waals surface area contributed by atoms with Crippen molar-refractivity contribution in [1.29, 1.82) is 0 Å². The van der Waals surface area contributed by atoms with Crippen LogP contribution in [0.1, 0.15) is 24.2 Å². The number of hydrogen-bond donors (Lipinski definition) is 0. The summed E-state index contributed by atoms with van der Waals surface area (Å²) in [5, 5.41) is 5.10. The van der Waals surface area contributed by atoms with Crippen molar-refractivity contribution in [2.75, 3.05) is 6.61 Å². The van der Waals surface area contributed by atoms with Gasteiger partial charge < -0.3 is 9.47 Å². The van der Waals surface area contributed by atoms with Crippen LogP contribution in [0.5, 0.6) is 11.6 Å². The van der Waals surface area contributed by atoms with Crippen molar-refractivity contribution in [3.63, 3.8) is 0 Å². The lowest BCUT2D eigenvalue weighted by Gasteiger charge is -2.11. The van der Waals surface area contributed by atoms with Gasteiger partial charge in [0.15, 0.2) is 17.2 Å². The standard InChI is InChI=1S/C23H20FN5O2/c24-17-12-19-22(25-13-17)29-21-18(14-26-29)23(31-15-16-8-4-3-5-9-16)28-20(27-21)10-6-1-2-7-11-30-19/h2-5,7-9,12-14H,1,6,10-11,15H2/b7-2+. The zero-order valence-electron chi connectivity index (χ0n) is 16.7. The Balaban J connectivity index is 1.61. The quantitative estimate of drug-likeness (QED) is 0.465. The van der Waals surface area contributed by atoms with Gasteiger partial charge >= 0.3 is 0 Å². The fourth-order valence-electron chi connectivity index (χ4n) is 3.41. The number of hydrogen-bond acceptors (Lipinski definition) is 6. The highest BCUT2D eigenvalue weighted by Gasteiger charge is 2.19. The number of fused-ring (bicyclic) bond motifs is 3. The second-order valence-corrected chi connectivity index (χ2v) is 7.16. The lowest BCUT2D eigenvalue weighted by atomic mass is 10.2. The third kappa shape index (κ3) is 4.09. The van der Waals surface area contributed by atoms with Gasteiger partial charge in [0.05, 0.1) is 12.4 Å². The molecule has 1 aliphatic rings. The molecule has 4 heterocycles. The molecule has 0 saturated heterocycles. The van der Waals surface area contributed by atoms with E-state index in [0.29, 0.717) is 53.9 Å². The molecule has 3 aromatic heterocycles. The highest BCUT2D eigenvalue weighted by molar-refractivity contribution is 5.81. The lowest BCUT2D eigenvalue weighted by Crippen LogP contribution is -2.08. The van der Waals surface area contributed by atoms with Crippen LogP contribution in [0.25, 0.3) is 16.9 Å². The smallest absolute Gasteiger partial charge is 0.228 e. The molecule has 0 radical (unpaired) electrons.